The number of esters is 1. The number of benzene rings is 3. The van der Waals surface area contributed by atoms with Crippen LogP contribution in [0.4, 0.5) is 17.1 Å². The highest BCUT2D eigenvalue weighted by atomic mass is 16.5. The molecular formula is C26H28N2O2. The van der Waals surface area contributed by atoms with Gasteiger partial charge < -0.3 is 14.5 Å². The largest absolute Gasteiger partial charge is 0.469 e. The molecule has 1 aliphatic rings. The molecule has 4 heteroatoms. The number of para-hydroxylation sites is 1. The molecule has 0 aliphatic carbocycles. The number of carbonyl (C=O) groups is 1. The average molecular weight is 401 g/mol. The highest BCUT2D eigenvalue weighted by Gasteiger charge is 2.31. The molecule has 3 aromatic carbocycles. The summed E-state index contributed by atoms with van der Waals surface area (Å²) in [5, 5.41) is 0. The highest BCUT2D eigenvalue weighted by Crippen LogP contribution is 2.42. The van der Waals surface area contributed by atoms with Crippen molar-refractivity contribution < 1.29 is 9.53 Å². The maximum atomic E-state index is 11.9. The number of hydrogen-bond acceptors (Lipinski definition) is 4. The van der Waals surface area contributed by atoms with Crippen LogP contribution in [0.3, 0.4) is 0 Å². The first-order valence-corrected chi connectivity index (χ1v) is 10.5. The number of rotatable bonds is 7. The van der Waals surface area contributed by atoms with Gasteiger partial charge in [0.05, 0.1) is 13.5 Å². The van der Waals surface area contributed by atoms with Crippen LogP contribution in [0.1, 0.15) is 30.4 Å². The molecule has 0 aromatic heterocycles. The number of ether oxygens (including phenoxy) is 1. The lowest BCUT2D eigenvalue weighted by atomic mass is 9.98. The molecule has 3 aromatic rings. The molecule has 154 valence electrons. The van der Waals surface area contributed by atoms with Gasteiger partial charge in [0, 0.05) is 42.6 Å². The molecule has 0 spiro atoms. The Bertz CT molecular complexity index is 985. The number of methoxy groups -OCH3 is 1. The van der Waals surface area contributed by atoms with E-state index in [2.05, 4.69) is 89.5 Å². The molecule has 0 saturated carbocycles. The SMILES string of the molecule is CCN(Cc1ccccc1)c1ccc(N2CC(CC(=O)OC)c3ccccc32)cc1. The van der Waals surface area contributed by atoms with Crippen molar-refractivity contribution in [2.45, 2.75) is 25.8 Å². The summed E-state index contributed by atoms with van der Waals surface area (Å²) < 4.78 is 4.91. The van der Waals surface area contributed by atoms with Crippen molar-refractivity contribution >= 4 is 23.0 Å². The summed E-state index contributed by atoms with van der Waals surface area (Å²) >= 11 is 0. The van der Waals surface area contributed by atoms with E-state index < -0.39 is 0 Å². The van der Waals surface area contributed by atoms with Crippen molar-refractivity contribution in [1.29, 1.82) is 0 Å². The Hall–Kier alpha value is -3.27. The van der Waals surface area contributed by atoms with Crippen LogP contribution < -0.4 is 9.80 Å². The number of fused-ring (bicyclic) bond motifs is 1. The van der Waals surface area contributed by atoms with Crippen LogP contribution in [0.25, 0.3) is 0 Å². The fourth-order valence-corrected chi connectivity index (χ4v) is 4.23. The third-order valence-electron chi connectivity index (χ3n) is 5.84. The van der Waals surface area contributed by atoms with Crippen LogP contribution in [-0.2, 0) is 16.1 Å². The Morgan fingerprint density at radius 3 is 2.40 bits per heavy atom. The second-order valence-electron chi connectivity index (χ2n) is 7.66. The second-order valence-corrected chi connectivity index (χ2v) is 7.66. The summed E-state index contributed by atoms with van der Waals surface area (Å²) in [7, 11) is 1.45. The van der Waals surface area contributed by atoms with Gasteiger partial charge in [-0.1, -0.05) is 48.5 Å². The minimum Gasteiger partial charge on any atom is -0.469 e. The predicted octanol–water partition coefficient (Wildman–Crippen LogP) is 5.51. The van der Waals surface area contributed by atoms with E-state index in [4.69, 9.17) is 4.74 Å². The lowest BCUT2D eigenvalue weighted by molar-refractivity contribution is -0.140. The normalized spacial score (nSPS) is 15.0. The molecule has 0 bridgehead atoms. The smallest absolute Gasteiger partial charge is 0.306 e. The van der Waals surface area contributed by atoms with Crippen LogP contribution in [0.5, 0.6) is 0 Å². The topological polar surface area (TPSA) is 32.8 Å². The van der Waals surface area contributed by atoms with E-state index in [1.165, 1.54) is 29.6 Å². The van der Waals surface area contributed by atoms with Crippen molar-refractivity contribution in [1.82, 2.24) is 0 Å². The monoisotopic (exact) mass is 400 g/mol. The first-order chi connectivity index (χ1) is 14.7. The van der Waals surface area contributed by atoms with Gasteiger partial charge in [0.2, 0.25) is 0 Å². The molecule has 0 amide bonds. The maximum Gasteiger partial charge on any atom is 0.306 e. The quantitative estimate of drug-likeness (QED) is 0.490. The van der Waals surface area contributed by atoms with E-state index >= 15 is 0 Å². The van der Waals surface area contributed by atoms with E-state index in [-0.39, 0.29) is 11.9 Å². The van der Waals surface area contributed by atoms with Crippen molar-refractivity contribution in [2.24, 2.45) is 0 Å². The Morgan fingerprint density at radius 1 is 1.00 bits per heavy atom. The van der Waals surface area contributed by atoms with E-state index in [1.54, 1.807) is 0 Å². The third-order valence-corrected chi connectivity index (χ3v) is 5.84. The van der Waals surface area contributed by atoms with E-state index in [0.29, 0.717) is 6.42 Å². The van der Waals surface area contributed by atoms with E-state index in [1.807, 2.05) is 6.07 Å². The van der Waals surface area contributed by atoms with Gasteiger partial charge in [-0.05, 0) is 48.4 Å². The Balaban J connectivity index is 1.54. The zero-order valence-electron chi connectivity index (χ0n) is 17.6. The van der Waals surface area contributed by atoms with Crippen LogP contribution in [0.2, 0.25) is 0 Å². The molecule has 1 unspecified atom stereocenters. The molecule has 0 saturated heterocycles. The highest BCUT2D eigenvalue weighted by molar-refractivity contribution is 5.76. The first kappa shape index (κ1) is 20.0. The number of anilines is 3. The molecule has 1 atom stereocenters. The van der Waals surface area contributed by atoms with Crippen LogP contribution in [0, 0.1) is 0 Å². The van der Waals surface area contributed by atoms with Crippen LogP contribution >= 0.6 is 0 Å². The molecule has 4 nitrogen and oxygen atoms in total. The van der Waals surface area contributed by atoms with Crippen LogP contribution in [-0.4, -0.2) is 26.2 Å². The summed E-state index contributed by atoms with van der Waals surface area (Å²) in [5.41, 5.74) is 6.06. The van der Waals surface area contributed by atoms with Gasteiger partial charge in [0.1, 0.15) is 0 Å². The van der Waals surface area contributed by atoms with Crippen molar-refractivity contribution in [3.63, 3.8) is 0 Å². The zero-order valence-corrected chi connectivity index (χ0v) is 17.6. The fourth-order valence-electron chi connectivity index (χ4n) is 4.23. The Labute approximate surface area is 178 Å². The summed E-state index contributed by atoms with van der Waals surface area (Å²) in [6.45, 7) is 4.81. The van der Waals surface area contributed by atoms with Crippen molar-refractivity contribution in [2.75, 3.05) is 30.0 Å². The molecule has 1 aliphatic heterocycles. The lowest BCUT2D eigenvalue weighted by Gasteiger charge is -2.25. The number of nitrogens with zero attached hydrogens (tertiary/aromatic N) is 2. The van der Waals surface area contributed by atoms with Gasteiger partial charge in [-0.2, -0.15) is 0 Å². The van der Waals surface area contributed by atoms with Crippen LogP contribution in [0.15, 0.2) is 78.9 Å². The molecule has 0 fully saturated rings. The van der Waals surface area contributed by atoms with Crippen molar-refractivity contribution in [3.8, 4) is 0 Å². The number of hydrogen-bond donors (Lipinski definition) is 0. The standard InChI is InChI=1S/C26H28N2O2/c1-3-27(18-20-9-5-4-6-10-20)22-13-15-23(16-14-22)28-19-21(17-26(29)30-2)24-11-7-8-12-25(24)28/h4-16,21H,3,17-19H2,1-2H3. The molecule has 0 N–H and O–H groups in total. The maximum absolute atomic E-state index is 11.9. The fraction of sp³-hybridized carbons (Fsp3) is 0.269. The van der Waals surface area contributed by atoms with Gasteiger partial charge in [-0.3, -0.25) is 4.79 Å². The molecule has 1 heterocycles. The summed E-state index contributed by atoms with van der Waals surface area (Å²) in [5.74, 6) is -0.00921. The third kappa shape index (κ3) is 4.18. The number of carbonyl (C=O) groups excluding carboxylic acids is 1. The van der Waals surface area contributed by atoms with Crippen molar-refractivity contribution in [3.05, 3.63) is 90.0 Å². The Morgan fingerprint density at radius 2 is 1.70 bits per heavy atom. The van der Waals surface area contributed by atoms with Gasteiger partial charge in [0.15, 0.2) is 0 Å². The second kappa shape index (κ2) is 9.04. The van der Waals surface area contributed by atoms with E-state index in [9.17, 15) is 4.79 Å². The summed E-state index contributed by atoms with van der Waals surface area (Å²) in [6, 6.07) is 27.7. The predicted molar refractivity (Wildman–Crippen MR) is 122 cm³/mol. The molecule has 30 heavy (non-hydrogen) atoms. The van der Waals surface area contributed by atoms with Gasteiger partial charge in [-0.25, -0.2) is 0 Å². The summed E-state index contributed by atoms with van der Waals surface area (Å²) in [6.07, 6.45) is 0.406. The van der Waals surface area contributed by atoms with Gasteiger partial charge >= 0.3 is 5.97 Å². The molecule has 0 radical (unpaired) electrons. The average Bonchev–Trinajstić information content (AvgIpc) is 3.16. The minimum atomic E-state index is -0.161. The van der Waals surface area contributed by atoms with Gasteiger partial charge in [-0.15, -0.1) is 0 Å². The lowest BCUT2D eigenvalue weighted by Crippen LogP contribution is -2.22. The zero-order chi connectivity index (χ0) is 20.9. The Kier molecular flexibility index (Phi) is 6.03. The van der Waals surface area contributed by atoms with E-state index in [0.717, 1.165) is 25.3 Å². The first-order valence-electron chi connectivity index (χ1n) is 10.5. The van der Waals surface area contributed by atoms with Gasteiger partial charge in [0.25, 0.3) is 0 Å². The summed E-state index contributed by atoms with van der Waals surface area (Å²) in [4.78, 5) is 16.6. The molecular weight excluding hydrogens is 372 g/mol. The molecule has 4 rings (SSSR count). The minimum absolute atomic E-state index is 0.151.